The van der Waals surface area contributed by atoms with Gasteiger partial charge >= 0.3 is 10.4 Å². The van der Waals surface area contributed by atoms with Crippen LogP contribution in [-0.4, -0.2) is 35.8 Å². The Kier molecular flexibility index (Phi) is 7.38. The molecule has 0 radical (unpaired) electrons. The molecule has 0 aliphatic heterocycles. The monoisotopic (exact) mass is 292 g/mol. The molecule has 0 atom stereocenters. The molecule has 1 aromatic rings. The molecule has 0 unspecified atom stereocenters. The van der Waals surface area contributed by atoms with Gasteiger partial charge in [-0.1, -0.05) is 0 Å². The summed E-state index contributed by atoms with van der Waals surface area (Å²) in [6, 6.07) is 5.94. The molecule has 1 aromatic carbocycles. The SMILES string of the molecule is CCNc1ccc(N(O)CC)c(C)c1.O=S(=O)(O)O. The summed E-state index contributed by atoms with van der Waals surface area (Å²) in [4.78, 5) is 0. The third-order valence-corrected chi connectivity index (χ3v) is 2.16. The lowest BCUT2D eigenvalue weighted by Crippen LogP contribution is -2.17. The van der Waals surface area contributed by atoms with Gasteiger partial charge in [0.25, 0.3) is 0 Å². The lowest BCUT2D eigenvalue weighted by molar-refractivity contribution is 0.259. The lowest BCUT2D eigenvalue weighted by atomic mass is 10.1. The molecule has 0 saturated carbocycles. The van der Waals surface area contributed by atoms with Gasteiger partial charge in [0.1, 0.15) is 0 Å². The number of rotatable bonds is 4. The number of anilines is 2. The number of nitrogens with zero attached hydrogens (tertiary/aromatic N) is 1. The molecular formula is C11H20N2O5S. The van der Waals surface area contributed by atoms with Crippen LogP contribution in [0.25, 0.3) is 0 Å². The van der Waals surface area contributed by atoms with E-state index in [-0.39, 0.29) is 0 Å². The molecule has 1 rings (SSSR count). The number of hydrogen-bond acceptors (Lipinski definition) is 5. The highest BCUT2D eigenvalue weighted by Gasteiger charge is 2.04. The fourth-order valence-corrected chi connectivity index (χ4v) is 1.43. The molecule has 0 aliphatic rings. The average Bonchev–Trinajstić information content (AvgIpc) is 2.26. The van der Waals surface area contributed by atoms with Crippen molar-refractivity contribution in [3.05, 3.63) is 23.8 Å². The Labute approximate surface area is 113 Å². The maximum atomic E-state index is 9.54. The number of nitrogens with one attached hydrogen (secondary N) is 1. The van der Waals surface area contributed by atoms with Crippen molar-refractivity contribution in [1.29, 1.82) is 0 Å². The standard InChI is InChI=1S/C11H18N2O.H2O4S/c1-4-12-10-6-7-11(9(3)8-10)13(14)5-2;1-5(2,3)4/h6-8,12,14H,4-5H2,1-3H3;(H2,1,2,3,4). The summed E-state index contributed by atoms with van der Waals surface area (Å²) >= 11 is 0. The normalized spacial score (nSPS) is 10.4. The van der Waals surface area contributed by atoms with E-state index >= 15 is 0 Å². The highest BCUT2D eigenvalue weighted by molar-refractivity contribution is 7.79. The summed E-state index contributed by atoms with van der Waals surface area (Å²) in [5, 5.41) is 14.0. The van der Waals surface area contributed by atoms with Crippen molar-refractivity contribution in [2.24, 2.45) is 0 Å². The predicted molar refractivity (Wildman–Crippen MR) is 74.3 cm³/mol. The first-order valence-electron chi connectivity index (χ1n) is 5.69. The van der Waals surface area contributed by atoms with Crippen LogP contribution < -0.4 is 10.4 Å². The minimum Gasteiger partial charge on any atom is -0.385 e. The summed E-state index contributed by atoms with van der Waals surface area (Å²) in [6.45, 7) is 7.48. The van der Waals surface area contributed by atoms with Crippen LogP contribution in [0.2, 0.25) is 0 Å². The van der Waals surface area contributed by atoms with Crippen molar-refractivity contribution in [2.75, 3.05) is 23.5 Å². The second-order valence-electron chi connectivity index (χ2n) is 3.70. The molecule has 0 saturated heterocycles. The van der Waals surface area contributed by atoms with Crippen LogP contribution in [0.1, 0.15) is 19.4 Å². The van der Waals surface area contributed by atoms with Gasteiger partial charge in [0.05, 0.1) is 5.69 Å². The zero-order valence-electron chi connectivity index (χ0n) is 11.2. The third-order valence-electron chi connectivity index (χ3n) is 2.16. The second-order valence-corrected chi connectivity index (χ2v) is 4.59. The van der Waals surface area contributed by atoms with E-state index in [1.807, 2.05) is 32.0 Å². The molecule has 0 spiro atoms. The van der Waals surface area contributed by atoms with Crippen LogP contribution in [0, 0.1) is 6.92 Å². The van der Waals surface area contributed by atoms with Gasteiger partial charge < -0.3 is 5.32 Å². The summed E-state index contributed by atoms with van der Waals surface area (Å²) in [5.41, 5.74) is 3.04. The van der Waals surface area contributed by atoms with Gasteiger partial charge in [-0.05, 0) is 44.5 Å². The molecule has 0 aromatic heterocycles. The largest absolute Gasteiger partial charge is 0.394 e. The minimum atomic E-state index is -4.67. The maximum absolute atomic E-state index is 9.54. The topological polar surface area (TPSA) is 110 Å². The Hall–Kier alpha value is -1.35. The zero-order valence-corrected chi connectivity index (χ0v) is 12.0. The van der Waals surface area contributed by atoms with Crippen molar-refractivity contribution in [2.45, 2.75) is 20.8 Å². The minimum absolute atomic E-state index is 0.599. The van der Waals surface area contributed by atoms with E-state index in [1.165, 1.54) is 5.06 Å². The summed E-state index contributed by atoms with van der Waals surface area (Å²) in [7, 11) is -4.67. The van der Waals surface area contributed by atoms with Crippen molar-refractivity contribution < 1.29 is 22.7 Å². The number of benzene rings is 1. The van der Waals surface area contributed by atoms with Crippen LogP contribution in [0.5, 0.6) is 0 Å². The van der Waals surface area contributed by atoms with Gasteiger partial charge in [-0.15, -0.1) is 0 Å². The summed E-state index contributed by atoms with van der Waals surface area (Å²) in [5.74, 6) is 0. The van der Waals surface area contributed by atoms with E-state index in [0.29, 0.717) is 6.54 Å². The molecule has 0 heterocycles. The average molecular weight is 292 g/mol. The predicted octanol–water partition coefficient (Wildman–Crippen LogP) is 1.99. The van der Waals surface area contributed by atoms with Gasteiger partial charge in [-0.25, -0.2) is 0 Å². The van der Waals surface area contributed by atoms with Crippen molar-refractivity contribution in [1.82, 2.24) is 0 Å². The molecule has 110 valence electrons. The first kappa shape index (κ1) is 17.6. The third kappa shape index (κ3) is 8.38. The Bertz CT molecular complexity index is 482. The maximum Gasteiger partial charge on any atom is 0.394 e. The first-order valence-corrected chi connectivity index (χ1v) is 7.09. The molecule has 19 heavy (non-hydrogen) atoms. The number of aryl methyl sites for hydroxylation is 1. The summed E-state index contributed by atoms with van der Waals surface area (Å²) in [6.07, 6.45) is 0. The van der Waals surface area contributed by atoms with E-state index < -0.39 is 10.4 Å². The number of hydroxylamine groups is 1. The second kappa shape index (κ2) is 7.95. The molecule has 4 N–H and O–H groups in total. The van der Waals surface area contributed by atoms with E-state index in [1.54, 1.807) is 0 Å². The van der Waals surface area contributed by atoms with Gasteiger partial charge in [-0.3, -0.25) is 19.4 Å². The molecule has 7 nitrogen and oxygen atoms in total. The van der Waals surface area contributed by atoms with Crippen LogP contribution in [0.3, 0.4) is 0 Å². The molecule has 0 fully saturated rings. The van der Waals surface area contributed by atoms with Crippen LogP contribution in [0.15, 0.2) is 18.2 Å². The highest BCUT2D eigenvalue weighted by Crippen LogP contribution is 2.22. The lowest BCUT2D eigenvalue weighted by Gasteiger charge is -2.17. The quantitative estimate of drug-likeness (QED) is 0.496. The molecule has 0 bridgehead atoms. The first-order chi connectivity index (χ1) is 8.69. The summed E-state index contributed by atoms with van der Waals surface area (Å²) < 4.78 is 31.6. The van der Waals surface area contributed by atoms with Gasteiger partial charge in [0.15, 0.2) is 0 Å². The smallest absolute Gasteiger partial charge is 0.385 e. The highest BCUT2D eigenvalue weighted by atomic mass is 32.3. The van der Waals surface area contributed by atoms with Gasteiger partial charge in [0, 0.05) is 18.8 Å². The fourth-order valence-electron chi connectivity index (χ4n) is 1.43. The Balaban J connectivity index is 0.000000555. The van der Waals surface area contributed by atoms with Crippen LogP contribution >= 0.6 is 0 Å². The van der Waals surface area contributed by atoms with Crippen molar-refractivity contribution in [3.8, 4) is 0 Å². The molecule has 8 heteroatoms. The van der Waals surface area contributed by atoms with E-state index in [4.69, 9.17) is 17.5 Å². The Morgan fingerprint density at radius 1 is 1.26 bits per heavy atom. The Morgan fingerprint density at radius 3 is 2.16 bits per heavy atom. The van der Waals surface area contributed by atoms with Crippen LogP contribution in [-0.2, 0) is 10.4 Å². The number of hydrogen-bond donors (Lipinski definition) is 4. The fraction of sp³-hybridized carbons (Fsp3) is 0.455. The molecule has 0 amide bonds. The zero-order chi connectivity index (χ0) is 15.1. The van der Waals surface area contributed by atoms with Gasteiger partial charge in [0.2, 0.25) is 0 Å². The van der Waals surface area contributed by atoms with E-state index in [9.17, 15) is 5.21 Å². The van der Waals surface area contributed by atoms with Crippen LogP contribution in [0.4, 0.5) is 11.4 Å². The van der Waals surface area contributed by atoms with Crippen molar-refractivity contribution in [3.63, 3.8) is 0 Å². The molecule has 0 aliphatic carbocycles. The van der Waals surface area contributed by atoms with E-state index in [0.717, 1.165) is 23.5 Å². The Morgan fingerprint density at radius 2 is 1.79 bits per heavy atom. The van der Waals surface area contributed by atoms with Crippen molar-refractivity contribution >= 4 is 21.8 Å². The van der Waals surface area contributed by atoms with E-state index in [2.05, 4.69) is 12.2 Å². The molecular weight excluding hydrogens is 272 g/mol. The van der Waals surface area contributed by atoms with Gasteiger partial charge in [-0.2, -0.15) is 8.42 Å².